The van der Waals surface area contributed by atoms with Crippen LogP contribution in [0.2, 0.25) is 0 Å². The molecule has 1 heterocycles. The van der Waals surface area contributed by atoms with Crippen LogP contribution in [0.5, 0.6) is 5.75 Å². The Morgan fingerprint density at radius 1 is 1.09 bits per heavy atom. The Morgan fingerprint density at radius 2 is 1.78 bits per heavy atom. The summed E-state index contributed by atoms with van der Waals surface area (Å²) in [6.07, 6.45) is 0. The van der Waals surface area contributed by atoms with Gasteiger partial charge >= 0.3 is 11.8 Å². The standard InChI is InChI=1S/C17H20N2O4/c1-11-7-14(12(2)23-11)10-19-17(21)16(20)18-9-13-5-4-6-15(8-13)22-3/h4-8H,9-10H2,1-3H3,(H,18,20)(H,19,21). The van der Waals surface area contributed by atoms with Gasteiger partial charge in [-0.1, -0.05) is 12.1 Å². The molecule has 0 aliphatic rings. The fraction of sp³-hybridized carbons (Fsp3) is 0.294. The highest BCUT2D eigenvalue weighted by Crippen LogP contribution is 2.13. The van der Waals surface area contributed by atoms with Crippen molar-refractivity contribution in [3.63, 3.8) is 0 Å². The Balaban J connectivity index is 1.83. The molecule has 0 fully saturated rings. The number of benzene rings is 1. The summed E-state index contributed by atoms with van der Waals surface area (Å²) in [6, 6.07) is 9.12. The van der Waals surface area contributed by atoms with Gasteiger partial charge in [-0.05, 0) is 37.6 Å². The Kier molecular flexibility index (Phi) is 5.41. The number of furan rings is 1. The van der Waals surface area contributed by atoms with Crippen molar-refractivity contribution in [2.45, 2.75) is 26.9 Å². The smallest absolute Gasteiger partial charge is 0.309 e. The normalized spacial score (nSPS) is 10.2. The maximum atomic E-state index is 11.8. The second-order valence-corrected chi connectivity index (χ2v) is 5.16. The fourth-order valence-corrected chi connectivity index (χ4v) is 2.16. The van der Waals surface area contributed by atoms with Gasteiger partial charge in [0.1, 0.15) is 17.3 Å². The van der Waals surface area contributed by atoms with E-state index in [1.165, 1.54) is 0 Å². The van der Waals surface area contributed by atoms with E-state index in [0.717, 1.165) is 22.6 Å². The Bertz CT molecular complexity index is 706. The minimum absolute atomic E-state index is 0.257. The van der Waals surface area contributed by atoms with Crippen molar-refractivity contribution in [2.75, 3.05) is 7.11 Å². The van der Waals surface area contributed by atoms with Gasteiger partial charge in [0.15, 0.2) is 0 Å². The van der Waals surface area contributed by atoms with Gasteiger partial charge in [0, 0.05) is 18.7 Å². The SMILES string of the molecule is COc1cccc(CNC(=O)C(=O)NCc2cc(C)oc2C)c1. The molecule has 0 aliphatic heterocycles. The molecule has 2 amide bonds. The first-order valence-electron chi connectivity index (χ1n) is 7.24. The van der Waals surface area contributed by atoms with Crippen LogP contribution in [-0.2, 0) is 22.7 Å². The maximum Gasteiger partial charge on any atom is 0.309 e. The van der Waals surface area contributed by atoms with E-state index in [0.29, 0.717) is 5.75 Å². The van der Waals surface area contributed by atoms with Crippen LogP contribution < -0.4 is 15.4 Å². The van der Waals surface area contributed by atoms with Crippen molar-refractivity contribution >= 4 is 11.8 Å². The lowest BCUT2D eigenvalue weighted by molar-refractivity contribution is -0.139. The highest BCUT2D eigenvalue weighted by molar-refractivity contribution is 6.35. The number of ether oxygens (including phenoxy) is 1. The quantitative estimate of drug-likeness (QED) is 0.825. The third kappa shape index (κ3) is 4.60. The second kappa shape index (κ2) is 7.49. The van der Waals surface area contributed by atoms with Gasteiger partial charge in [-0.3, -0.25) is 9.59 Å². The van der Waals surface area contributed by atoms with E-state index in [1.54, 1.807) is 13.2 Å². The van der Waals surface area contributed by atoms with E-state index < -0.39 is 11.8 Å². The predicted molar refractivity (Wildman–Crippen MR) is 84.9 cm³/mol. The lowest BCUT2D eigenvalue weighted by Crippen LogP contribution is -2.39. The highest BCUT2D eigenvalue weighted by Gasteiger charge is 2.14. The van der Waals surface area contributed by atoms with Crippen molar-refractivity contribution < 1.29 is 18.7 Å². The lowest BCUT2D eigenvalue weighted by Gasteiger charge is -2.07. The molecule has 23 heavy (non-hydrogen) atoms. The second-order valence-electron chi connectivity index (χ2n) is 5.16. The fourth-order valence-electron chi connectivity index (χ4n) is 2.16. The molecule has 0 aliphatic carbocycles. The molecule has 0 atom stereocenters. The zero-order chi connectivity index (χ0) is 16.8. The molecule has 1 aromatic carbocycles. The van der Waals surface area contributed by atoms with Crippen molar-refractivity contribution in [2.24, 2.45) is 0 Å². The average Bonchev–Trinajstić information content (AvgIpc) is 2.88. The zero-order valence-electron chi connectivity index (χ0n) is 13.4. The number of hydrogen-bond donors (Lipinski definition) is 2. The largest absolute Gasteiger partial charge is 0.497 e. The van der Waals surface area contributed by atoms with Crippen LogP contribution >= 0.6 is 0 Å². The summed E-state index contributed by atoms with van der Waals surface area (Å²) in [5, 5.41) is 5.15. The number of amides is 2. The van der Waals surface area contributed by atoms with Gasteiger partial charge in [0.25, 0.3) is 0 Å². The number of rotatable bonds is 5. The molecule has 2 N–H and O–H groups in total. The van der Waals surface area contributed by atoms with Crippen LogP contribution in [-0.4, -0.2) is 18.9 Å². The number of carbonyl (C=O) groups excluding carboxylic acids is 2. The average molecular weight is 316 g/mol. The first kappa shape index (κ1) is 16.6. The minimum Gasteiger partial charge on any atom is -0.497 e. The van der Waals surface area contributed by atoms with E-state index in [9.17, 15) is 9.59 Å². The summed E-state index contributed by atoms with van der Waals surface area (Å²) < 4.78 is 10.5. The third-order valence-electron chi connectivity index (χ3n) is 3.38. The third-order valence-corrected chi connectivity index (χ3v) is 3.38. The topological polar surface area (TPSA) is 80.6 Å². The Labute approximate surface area is 134 Å². The van der Waals surface area contributed by atoms with Crippen molar-refractivity contribution in [3.8, 4) is 5.75 Å². The van der Waals surface area contributed by atoms with Crippen molar-refractivity contribution in [1.29, 1.82) is 0 Å². The molecule has 2 aromatic rings. The summed E-state index contributed by atoms with van der Waals surface area (Å²) in [7, 11) is 1.57. The van der Waals surface area contributed by atoms with E-state index in [4.69, 9.17) is 9.15 Å². The van der Waals surface area contributed by atoms with E-state index in [-0.39, 0.29) is 13.1 Å². The van der Waals surface area contributed by atoms with E-state index in [2.05, 4.69) is 10.6 Å². The lowest BCUT2D eigenvalue weighted by atomic mass is 10.2. The van der Waals surface area contributed by atoms with Crippen LogP contribution in [0.1, 0.15) is 22.6 Å². The highest BCUT2D eigenvalue weighted by atomic mass is 16.5. The first-order valence-corrected chi connectivity index (χ1v) is 7.24. The molecule has 0 bridgehead atoms. The number of hydrogen-bond acceptors (Lipinski definition) is 4. The predicted octanol–water partition coefficient (Wildman–Crippen LogP) is 1.84. The molecule has 0 unspecified atom stereocenters. The molecule has 1 aromatic heterocycles. The molecule has 0 saturated heterocycles. The maximum absolute atomic E-state index is 11.8. The summed E-state index contributed by atoms with van der Waals surface area (Å²) >= 11 is 0. The summed E-state index contributed by atoms with van der Waals surface area (Å²) in [6.45, 7) is 4.17. The molecular formula is C17H20N2O4. The Hall–Kier alpha value is -2.76. The molecule has 6 heteroatoms. The summed E-state index contributed by atoms with van der Waals surface area (Å²) in [5.74, 6) is 0.859. The summed E-state index contributed by atoms with van der Waals surface area (Å²) in [4.78, 5) is 23.6. The minimum atomic E-state index is -0.675. The van der Waals surface area contributed by atoms with Crippen LogP contribution in [0, 0.1) is 13.8 Å². The van der Waals surface area contributed by atoms with Gasteiger partial charge in [0.2, 0.25) is 0 Å². The van der Waals surface area contributed by atoms with E-state index in [1.807, 2.05) is 38.1 Å². The molecule has 122 valence electrons. The van der Waals surface area contributed by atoms with Gasteiger partial charge in [0.05, 0.1) is 7.11 Å². The van der Waals surface area contributed by atoms with Crippen LogP contribution in [0.15, 0.2) is 34.7 Å². The van der Waals surface area contributed by atoms with Gasteiger partial charge in [-0.25, -0.2) is 0 Å². The van der Waals surface area contributed by atoms with Crippen molar-refractivity contribution in [3.05, 3.63) is 53.0 Å². The number of methoxy groups -OCH3 is 1. The van der Waals surface area contributed by atoms with Gasteiger partial charge in [-0.15, -0.1) is 0 Å². The Morgan fingerprint density at radius 3 is 2.39 bits per heavy atom. The van der Waals surface area contributed by atoms with Crippen molar-refractivity contribution in [1.82, 2.24) is 10.6 Å². The molecular weight excluding hydrogens is 296 g/mol. The molecule has 6 nitrogen and oxygen atoms in total. The molecule has 2 rings (SSSR count). The first-order chi connectivity index (χ1) is 11.0. The monoisotopic (exact) mass is 316 g/mol. The molecule has 0 radical (unpaired) electrons. The zero-order valence-corrected chi connectivity index (χ0v) is 13.4. The van der Waals surface area contributed by atoms with Gasteiger partial charge < -0.3 is 19.8 Å². The number of nitrogens with one attached hydrogen (secondary N) is 2. The van der Waals surface area contributed by atoms with E-state index >= 15 is 0 Å². The molecule has 0 saturated carbocycles. The number of carbonyl (C=O) groups is 2. The number of aryl methyl sites for hydroxylation is 2. The van der Waals surface area contributed by atoms with Crippen LogP contribution in [0.3, 0.4) is 0 Å². The van der Waals surface area contributed by atoms with Crippen LogP contribution in [0.25, 0.3) is 0 Å². The van der Waals surface area contributed by atoms with Crippen LogP contribution in [0.4, 0.5) is 0 Å². The molecule has 0 spiro atoms. The van der Waals surface area contributed by atoms with Gasteiger partial charge in [-0.2, -0.15) is 0 Å². The summed E-state index contributed by atoms with van der Waals surface area (Å²) in [5.41, 5.74) is 1.71.